The summed E-state index contributed by atoms with van der Waals surface area (Å²) in [7, 11) is 1.48. The van der Waals surface area contributed by atoms with E-state index in [1.54, 1.807) is 12.1 Å². The quantitative estimate of drug-likeness (QED) is 0.886. The number of carboxylic acid groups (broad SMARTS) is 1. The second kappa shape index (κ2) is 6.32. The van der Waals surface area contributed by atoms with Crippen molar-refractivity contribution < 1.29 is 23.4 Å². The third-order valence-corrected chi connectivity index (χ3v) is 3.46. The third kappa shape index (κ3) is 3.64. The van der Waals surface area contributed by atoms with Crippen LogP contribution in [0.25, 0.3) is 0 Å². The second-order valence-corrected chi connectivity index (χ2v) is 6.26. The summed E-state index contributed by atoms with van der Waals surface area (Å²) in [5.41, 5.74) is -0.0930. The predicted octanol–water partition coefficient (Wildman–Crippen LogP) is 4.70. The summed E-state index contributed by atoms with van der Waals surface area (Å²) in [6.45, 7) is 5.73. The highest BCUT2D eigenvalue weighted by Gasteiger charge is 2.38. The maximum atomic E-state index is 13.2. The van der Waals surface area contributed by atoms with Crippen molar-refractivity contribution in [3.63, 3.8) is 0 Å². The third-order valence-electron chi connectivity index (χ3n) is 3.46. The van der Waals surface area contributed by atoms with E-state index in [9.17, 15) is 14.3 Å². The number of furan rings is 1. The van der Waals surface area contributed by atoms with Crippen LogP contribution in [-0.4, -0.2) is 18.3 Å². The van der Waals surface area contributed by atoms with Gasteiger partial charge in [-0.05, 0) is 35.7 Å². The lowest BCUT2D eigenvalue weighted by molar-refractivity contribution is 0.182. The fraction of sp³-hybridized carbons (Fsp3) is 0.353. The summed E-state index contributed by atoms with van der Waals surface area (Å²) < 4.78 is 23.8. The number of amides is 1. The van der Waals surface area contributed by atoms with E-state index >= 15 is 0 Å². The number of methoxy groups -OCH3 is 1. The van der Waals surface area contributed by atoms with Crippen molar-refractivity contribution in [2.24, 2.45) is 5.41 Å². The van der Waals surface area contributed by atoms with Gasteiger partial charge < -0.3 is 14.3 Å². The Hall–Kier alpha value is -2.50. The minimum Gasteiger partial charge on any atom is -0.468 e. The summed E-state index contributed by atoms with van der Waals surface area (Å²) in [4.78, 5) is 13.1. The number of ether oxygens (including phenoxy) is 1. The Balaban J connectivity index is 2.53. The Morgan fingerprint density at radius 3 is 2.26 bits per heavy atom. The van der Waals surface area contributed by atoms with Crippen LogP contribution in [0, 0.1) is 11.2 Å². The van der Waals surface area contributed by atoms with Crippen LogP contribution in [0.1, 0.15) is 32.6 Å². The van der Waals surface area contributed by atoms with Gasteiger partial charge in [-0.15, -0.1) is 0 Å². The van der Waals surface area contributed by atoms with Crippen LogP contribution >= 0.6 is 0 Å². The van der Waals surface area contributed by atoms with Gasteiger partial charge in [-0.3, -0.25) is 4.90 Å². The van der Waals surface area contributed by atoms with E-state index in [0.29, 0.717) is 17.4 Å². The van der Waals surface area contributed by atoms with Gasteiger partial charge in [0.05, 0.1) is 7.11 Å². The number of rotatable bonds is 4. The summed E-state index contributed by atoms with van der Waals surface area (Å²) >= 11 is 0. The number of nitrogens with zero attached hydrogens (tertiary/aromatic N) is 1. The van der Waals surface area contributed by atoms with Gasteiger partial charge >= 0.3 is 6.09 Å². The van der Waals surface area contributed by atoms with Crippen molar-refractivity contribution in [2.45, 2.75) is 26.8 Å². The molecule has 1 amide bonds. The molecule has 2 aromatic rings. The molecule has 0 fully saturated rings. The first-order valence-electron chi connectivity index (χ1n) is 7.15. The highest BCUT2D eigenvalue weighted by Crippen LogP contribution is 2.42. The number of carbonyl (C=O) groups is 1. The Morgan fingerprint density at radius 2 is 1.83 bits per heavy atom. The van der Waals surface area contributed by atoms with Crippen LogP contribution < -0.4 is 9.64 Å². The molecule has 5 nitrogen and oxygen atoms in total. The molecule has 0 spiro atoms. The van der Waals surface area contributed by atoms with Gasteiger partial charge in [-0.1, -0.05) is 20.8 Å². The minimum absolute atomic E-state index is 0.304. The first-order chi connectivity index (χ1) is 10.7. The molecule has 0 radical (unpaired) electrons. The van der Waals surface area contributed by atoms with Gasteiger partial charge in [0.1, 0.15) is 17.6 Å². The van der Waals surface area contributed by atoms with Crippen molar-refractivity contribution in [1.29, 1.82) is 0 Å². The number of halogens is 1. The fourth-order valence-corrected chi connectivity index (χ4v) is 2.50. The van der Waals surface area contributed by atoms with Crippen LogP contribution in [0.4, 0.5) is 14.9 Å². The first kappa shape index (κ1) is 16.9. The van der Waals surface area contributed by atoms with Crippen molar-refractivity contribution in [3.05, 3.63) is 48.0 Å². The molecule has 1 aromatic heterocycles. The Morgan fingerprint density at radius 1 is 1.22 bits per heavy atom. The second-order valence-electron chi connectivity index (χ2n) is 6.26. The molecule has 6 heteroatoms. The zero-order chi connectivity index (χ0) is 17.2. The lowest BCUT2D eigenvalue weighted by Gasteiger charge is -2.37. The van der Waals surface area contributed by atoms with E-state index in [2.05, 4.69) is 0 Å². The van der Waals surface area contributed by atoms with Gasteiger partial charge in [-0.2, -0.15) is 0 Å². The smallest absolute Gasteiger partial charge is 0.412 e. The minimum atomic E-state index is -1.15. The van der Waals surface area contributed by atoms with E-state index in [0.717, 1.165) is 0 Å². The van der Waals surface area contributed by atoms with E-state index in [-0.39, 0.29) is 0 Å². The maximum absolute atomic E-state index is 13.2. The van der Waals surface area contributed by atoms with Crippen LogP contribution in [0.5, 0.6) is 5.95 Å². The van der Waals surface area contributed by atoms with Gasteiger partial charge in [0.25, 0.3) is 5.95 Å². The normalized spacial score (nSPS) is 12.7. The molecule has 0 aliphatic rings. The van der Waals surface area contributed by atoms with E-state index < -0.39 is 23.4 Å². The SMILES string of the molecule is COc1ccc(C(N(C(=O)O)c2ccc(F)cc2)C(C)(C)C)o1. The lowest BCUT2D eigenvalue weighted by Crippen LogP contribution is -2.40. The molecule has 0 bridgehead atoms. The summed E-state index contributed by atoms with van der Waals surface area (Å²) in [5, 5.41) is 9.71. The number of hydrogen-bond donors (Lipinski definition) is 1. The Kier molecular flexibility index (Phi) is 4.63. The van der Waals surface area contributed by atoms with Crippen LogP contribution in [-0.2, 0) is 0 Å². The Bertz CT molecular complexity index is 673. The van der Waals surface area contributed by atoms with Gasteiger partial charge in [-0.25, -0.2) is 9.18 Å². The monoisotopic (exact) mass is 321 g/mol. The largest absolute Gasteiger partial charge is 0.468 e. The molecule has 23 heavy (non-hydrogen) atoms. The van der Waals surface area contributed by atoms with Crippen LogP contribution in [0.3, 0.4) is 0 Å². The summed E-state index contributed by atoms with van der Waals surface area (Å²) in [6, 6.07) is 8.05. The molecule has 2 rings (SSSR count). The molecule has 0 saturated heterocycles. The van der Waals surface area contributed by atoms with Gasteiger partial charge in [0.2, 0.25) is 0 Å². The average Bonchev–Trinajstić information content (AvgIpc) is 2.92. The molecule has 0 saturated carbocycles. The zero-order valence-corrected chi connectivity index (χ0v) is 13.5. The van der Waals surface area contributed by atoms with Gasteiger partial charge in [0, 0.05) is 11.8 Å². The molecule has 0 aliphatic heterocycles. The molecule has 1 N–H and O–H groups in total. The summed E-state index contributed by atoms with van der Waals surface area (Å²) in [6.07, 6.45) is -1.15. The van der Waals surface area contributed by atoms with E-state index in [1.807, 2.05) is 20.8 Å². The first-order valence-corrected chi connectivity index (χ1v) is 7.15. The number of hydrogen-bond acceptors (Lipinski definition) is 3. The number of benzene rings is 1. The van der Waals surface area contributed by atoms with Crippen LogP contribution in [0.15, 0.2) is 40.8 Å². The molecule has 1 heterocycles. The van der Waals surface area contributed by atoms with Crippen molar-refractivity contribution in [3.8, 4) is 5.95 Å². The number of anilines is 1. The molecule has 1 atom stereocenters. The molecule has 1 aromatic carbocycles. The van der Waals surface area contributed by atoms with Crippen molar-refractivity contribution >= 4 is 11.8 Å². The molecule has 124 valence electrons. The lowest BCUT2D eigenvalue weighted by atomic mass is 9.84. The zero-order valence-electron chi connectivity index (χ0n) is 13.5. The molecular formula is C17H20FNO4. The summed E-state index contributed by atoms with van der Waals surface area (Å²) in [5.74, 6) is 0.339. The standard InChI is InChI=1S/C17H20FNO4/c1-17(2,3)15(13-9-10-14(22-4)23-13)19(16(20)21)12-7-5-11(18)6-8-12/h5-10,15H,1-4H3,(H,20,21). The highest BCUT2D eigenvalue weighted by molar-refractivity contribution is 5.87. The van der Waals surface area contributed by atoms with Crippen molar-refractivity contribution in [1.82, 2.24) is 0 Å². The molecule has 0 aliphatic carbocycles. The van der Waals surface area contributed by atoms with Gasteiger partial charge in [0.15, 0.2) is 0 Å². The van der Waals surface area contributed by atoms with Crippen molar-refractivity contribution in [2.75, 3.05) is 12.0 Å². The highest BCUT2D eigenvalue weighted by atomic mass is 19.1. The maximum Gasteiger partial charge on any atom is 0.412 e. The molecule has 1 unspecified atom stereocenters. The molecular weight excluding hydrogens is 301 g/mol. The fourth-order valence-electron chi connectivity index (χ4n) is 2.50. The Labute approximate surface area is 134 Å². The van der Waals surface area contributed by atoms with Crippen LogP contribution in [0.2, 0.25) is 0 Å². The van der Waals surface area contributed by atoms with E-state index in [4.69, 9.17) is 9.15 Å². The predicted molar refractivity (Wildman–Crippen MR) is 84.4 cm³/mol. The van der Waals surface area contributed by atoms with E-state index in [1.165, 1.54) is 36.3 Å². The topological polar surface area (TPSA) is 62.9 Å². The average molecular weight is 321 g/mol.